The van der Waals surface area contributed by atoms with Gasteiger partial charge in [0.15, 0.2) is 11.5 Å². The van der Waals surface area contributed by atoms with Crippen LogP contribution in [0.2, 0.25) is 0 Å². The number of esters is 1. The topological polar surface area (TPSA) is 113 Å². The van der Waals surface area contributed by atoms with Gasteiger partial charge in [-0.15, -0.1) is 0 Å². The molecule has 0 fully saturated rings. The second kappa shape index (κ2) is 13.6. The number of nitrogens with two attached hydrogens (primary N) is 1. The van der Waals surface area contributed by atoms with E-state index in [0.29, 0.717) is 59.9 Å². The highest BCUT2D eigenvalue weighted by atomic mass is 16.5. The molecule has 8 heteroatoms. The van der Waals surface area contributed by atoms with E-state index >= 15 is 0 Å². The molecular formula is C33H36N2O6. The van der Waals surface area contributed by atoms with E-state index in [1.54, 1.807) is 42.5 Å². The van der Waals surface area contributed by atoms with Crippen LogP contribution in [0.5, 0.6) is 28.7 Å². The van der Waals surface area contributed by atoms with Crippen molar-refractivity contribution in [1.29, 1.82) is 5.26 Å². The van der Waals surface area contributed by atoms with Gasteiger partial charge in [-0.25, -0.2) is 4.79 Å². The normalized spacial score (nSPS) is 14.1. The van der Waals surface area contributed by atoms with Crippen molar-refractivity contribution in [3.05, 3.63) is 88.8 Å². The van der Waals surface area contributed by atoms with Gasteiger partial charge >= 0.3 is 5.97 Å². The summed E-state index contributed by atoms with van der Waals surface area (Å²) in [5, 5.41) is 9.97. The van der Waals surface area contributed by atoms with E-state index in [1.165, 1.54) is 0 Å². The van der Waals surface area contributed by atoms with Crippen LogP contribution in [0.4, 0.5) is 0 Å². The maximum atomic E-state index is 12.8. The summed E-state index contributed by atoms with van der Waals surface area (Å²) < 4.78 is 28.9. The lowest BCUT2D eigenvalue weighted by Gasteiger charge is -2.27. The lowest BCUT2D eigenvalue weighted by atomic mass is 9.83. The fourth-order valence-corrected chi connectivity index (χ4v) is 4.38. The van der Waals surface area contributed by atoms with Crippen LogP contribution in [0, 0.1) is 17.2 Å². The minimum atomic E-state index is -0.519. The molecule has 0 radical (unpaired) electrons. The molecule has 1 atom stereocenters. The smallest absolute Gasteiger partial charge is 0.343 e. The minimum absolute atomic E-state index is 0.00769. The van der Waals surface area contributed by atoms with Crippen molar-refractivity contribution >= 4 is 5.97 Å². The number of nitriles is 1. The Morgan fingerprint density at radius 2 is 1.73 bits per heavy atom. The van der Waals surface area contributed by atoms with E-state index in [4.69, 9.17) is 29.4 Å². The number of benzene rings is 3. The number of allylic oxidation sites excluding steroid dienone is 1. The Kier molecular flexibility index (Phi) is 9.75. The molecule has 4 rings (SSSR count). The van der Waals surface area contributed by atoms with Crippen LogP contribution < -0.4 is 29.4 Å². The fourth-order valence-electron chi connectivity index (χ4n) is 4.38. The van der Waals surface area contributed by atoms with E-state index in [2.05, 4.69) is 26.8 Å². The zero-order chi connectivity index (χ0) is 29.4. The lowest BCUT2D eigenvalue weighted by molar-refractivity contribution is 0.0734. The average molecular weight is 557 g/mol. The number of unbranched alkanes of at least 4 members (excludes halogenated alkanes) is 1. The van der Waals surface area contributed by atoms with Crippen molar-refractivity contribution in [1.82, 2.24) is 0 Å². The number of carbonyl (C=O) groups excluding carboxylic acids is 1. The molecule has 0 saturated carbocycles. The molecule has 1 aliphatic rings. The maximum absolute atomic E-state index is 12.8. The Bertz CT molecular complexity index is 1440. The van der Waals surface area contributed by atoms with Crippen LogP contribution >= 0.6 is 0 Å². The van der Waals surface area contributed by atoms with Crippen LogP contribution in [0.25, 0.3) is 0 Å². The van der Waals surface area contributed by atoms with Gasteiger partial charge in [0.25, 0.3) is 0 Å². The van der Waals surface area contributed by atoms with E-state index in [1.807, 2.05) is 25.1 Å². The van der Waals surface area contributed by atoms with Gasteiger partial charge in [-0.3, -0.25) is 0 Å². The molecule has 0 bridgehead atoms. The highest BCUT2D eigenvalue weighted by Gasteiger charge is 2.32. The largest absolute Gasteiger partial charge is 0.493 e. The first-order valence-electron chi connectivity index (χ1n) is 13.9. The van der Waals surface area contributed by atoms with E-state index in [0.717, 1.165) is 18.4 Å². The first-order chi connectivity index (χ1) is 19.8. The zero-order valence-corrected chi connectivity index (χ0v) is 23.9. The minimum Gasteiger partial charge on any atom is -0.493 e. The molecule has 2 N–H and O–H groups in total. The average Bonchev–Trinajstić information content (AvgIpc) is 2.96. The Hall–Kier alpha value is -4.64. The fraction of sp³-hybridized carbons (Fsp3) is 0.333. The molecule has 214 valence electrons. The highest BCUT2D eigenvalue weighted by molar-refractivity contribution is 5.91. The predicted molar refractivity (Wildman–Crippen MR) is 155 cm³/mol. The third-order valence-corrected chi connectivity index (χ3v) is 6.43. The second-order valence-electron chi connectivity index (χ2n) is 10.1. The summed E-state index contributed by atoms with van der Waals surface area (Å²) in [4.78, 5) is 12.8. The van der Waals surface area contributed by atoms with Crippen LogP contribution in [0.15, 0.2) is 72.1 Å². The van der Waals surface area contributed by atoms with Crippen molar-refractivity contribution in [2.24, 2.45) is 11.7 Å². The van der Waals surface area contributed by atoms with Gasteiger partial charge in [0.2, 0.25) is 5.88 Å². The third-order valence-electron chi connectivity index (χ3n) is 6.43. The SMILES string of the molecule is CCCCOc1ccc(C2C(C#N)=C(N)Oc3cc(OC(=O)c4ccc(OCC(C)C)cc4)ccc32)cc1OCC. The molecule has 1 unspecified atom stereocenters. The predicted octanol–water partition coefficient (Wildman–Crippen LogP) is 6.74. The molecule has 0 saturated heterocycles. The van der Waals surface area contributed by atoms with Gasteiger partial charge in [0, 0.05) is 11.6 Å². The van der Waals surface area contributed by atoms with Crippen molar-refractivity contribution in [2.75, 3.05) is 19.8 Å². The van der Waals surface area contributed by atoms with Gasteiger partial charge in [-0.2, -0.15) is 5.26 Å². The Morgan fingerprint density at radius 3 is 2.41 bits per heavy atom. The van der Waals surface area contributed by atoms with Crippen molar-refractivity contribution in [3.8, 4) is 34.8 Å². The molecule has 0 amide bonds. The number of rotatable bonds is 12. The van der Waals surface area contributed by atoms with Gasteiger partial charge in [0.05, 0.1) is 31.3 Å². The van der Waals surface area contributed by atoms with Gasteiger partial charge in [-0.1, -0.05) is 39.3 Å². The lowest BCUT2D eigenvalue weighted by Crippen LogP contribution is -2.21. The van der Waals surface area contributed by atoms with Crippen LogP contribution in [0.3, 0.4) is 0 Å². The number of ether oxygens (including phenoxy) is 5. The van der Waals surface area contributed by atoms with Crippen LogP contribution in [0.1, 0.15) is 67.9 Å². The Balaban J connectivity index is 1.59. The Morgan fingerprint density at radius 1 is 0.976 bits per heavy atom. The first kappa shape index (κ1) is 29.3. The van der Waals surface area contributed by atoms with Crippen molar-refractivity contribution in [3.63, 3.8) is 0 Å². The Labute approximate surface area is 241 Å². The van der Waals surface area contributed by atoms with Crippen LogP contribution in [-0.2, 0) is 0 Å². The summed E-state index contributed by atoms with van der Waals surface area (Å²) in [6, 6.07) is 19.7. The summed E-state index contributed by atoms with van der Waals surface area (Å²) in [6.07, 6.45) is 1.96. The molecule has 3 aromatic carbocycles. The standard InChI is InChI=1S/C33H36N2O6/c1-5-7-16-38-28-15-10-23(17-30(28)37-6-2)31-26-14-13-25(18-29(26)41-32(35)27(31)19-34)40-33(36)22-8-11-24(12-9-22)39-20-21(3)4/h8-15,17-18,21,31H,5-7,16,20,35H2,1-4H3. The molecule has 8 nitrogen and oxygen atoms in total. The van der Waals surface area contributed by atoms with E-state index < -0.39 is 11.9 Å². The summed E-state index contributed by atoms with van der Waals surface area (Å²) in [7, 11) is 0. The summed E-state index contributed by atoms with van der Waals surface area (Å²) in [5.41, 5.74) is 8.37. The number of hydrogen-bond acceptors (Lipinski definition) is 8. The molecule has 0 aliphatic carbocycles. The number of nitrogens with zero attached hydrogens (tertiary/aromatic N) is 1. The summed E-state index contributed by atoms with van der Waals surface area (Å²) >= 11 is 0. The molecule has 0 spiro atoms. The maximum Gasteiger partial charge on any atom is 0.343 e. The monoisotopic (exact) mass is 556 g/mol. The molecule has 3 aromatic rings. The molecular weight excluding hydrogens is 520 g/mol. The number of fused-ring (bicyclic) bond motifs is 1. The van der Waals surface area contributed by atoms with Gasteiger partial charge in [0.1, 0.15) is 28.9 Å². The van der Waals surface area contributed by atoms with Crippen molar-refractivity contribution in [2.45, 2.75) is 46.5 Å². The summed E-state index contributed by atoms with van der Waals surface area (Å²) in [6.45, 7) is 9.79. The second-order valence-corrected chi connectivity index (χ2v) is 10.1. The number of carbonyl (C=O) groups is 1. The van der Waals surface area contributed by atoms with Gasteiger partial charge < -0.3 is 29.4 Å². The molecule has 1 heterocycles. The molecule has 41 heavy (non-hydrogen) atoms. The number of hydrogen-bond donors (Lipinski definition) is 1. The first-order valence-corrected chi connectivity index (χ1v) is 13.9. The van der Waals surface area contributed by atoms with Crippen LogP contribution in [-0.4, -0.2) is 25.8 Å². The summed E-state index contributed by atoms with van der Waals surface area (Å²) in [5.74, 6) is 1.98. The van der Waals surface area contributed by atoms with Crippen molar-refractivity contribution < 1.29 is 28.5 Å². The highest BCUT2D eigenvalue weighted by Crippen LogP contribution is 2.45. The molecule has 1 aliphatic heterocycles. The zero-order valence-electron chi connectivity index (χ0n) is 23.9. The quantitative estimate of drug-likeness (QED) is 0.148. The van der Waals surface area contributed by atoms with E-state index in [-0.39, 0.29) is 17.2 Å². The van der Waals surface area contributed by atoms with Gasteiger partial charge in [-0.05, 0) is 67.3 Å². The van der Waals surface area contributed by atoms with E-state index in [9.17, 15) is 10.1 Å². The molecule has 0 aromatic heterocycles. The third kappa shape index (κ3) is 7.12.